The fraction of sp³-hybridized carbons (Fsp3) is 0.259. The largest absolute Gasteiger partial charge is 0.387 e. The van der Waals surface area contributed by atoms with E-state index in [-0.39, 0.29) is 10.4 Å². The molecule has 34 heavy (non-hydrogen) atoms. The highest BCUT2D eigenvalue weighted by Gasteiger charge is 2.20. The molecule has 1 aromatic heterocycles. The molecule has 6 nitrogen and oxygen atoms in total. The molecular weight excluding hydrogens is 446 g/mol. The SMILES string of the molecule is CC(C)(CCn1ccc2ccccc21)NCC(O)c1cccc(NS(=O)(=O)c2ccccc2)c1. The lowest BCUT2D eigenvalue weighted by atomic mass is 9.99. The fourth-order valence-corrected chi connectivity index (χ4v) is 5.01. The third-order valence-corrected chi connectivity index (χ3v) is 7.41. The Labute approximate surface area is 201 Å². The van der Waals surface area contributed by atoms with E-state index in [1.807, 2.05) is 12.1 Å². The van der Waals surface area contributed by atoms with E-state index < -0.39 is 16.1 Å². The summed E-state index contributed by atoms with van der Waals surface area (Å²) in [7, 11) is -3.69. The molecule has 4 rings (SSSR count). The number of fused-ring (bicyclic) bond motifs is 1. The molecule has 0 aliphatic carbocycles. The van der Waals surface area contributed by atoms with Crippen LogP contribution in [0.2, 0.25) is 0 Å². The van der Waals surface area contributed by atoms with Gasteiger partial charge in [0.05, 0.1) is 11.0 Å². The van der Waals surface area contributed by atoms with Gasteiger partial charge in [0.25, 0.3) is 10.0 Å². The molecule has 0 fully saturated rings. The Balaban J connectivity index is 1.35. The van der Waals surface area contributed by atoms with Crippen LogP contribution in [0.5, 0.6) is 0 Å². The minimum Gasteiger partial charge on any atom is -0.387 e. The van der Waals surface area contributed by atoms with Gasteiger partial charge in [-0.05, 0) is 67.6 Å². The van der Waals surface area contributed by atoms with E-state index in [2.05, 4.69) is 52.8 Å². The van der Waals surface area contributed by atoms with Crippen LogP contribution >= 0.6 is 0 Å². The quantitative estimate of drug-likeness (QED) is 0.302. The molecule has 0 saturated carbocycles. The highest BCUT2D eigenvalue weighted by molar-refractivity contribution is 7.92. The Morgan fingerprint density at radius 1 is 0.941 bits per heavy atom. The number of hydrogen-bond acceptors (Lipinski definition) is 4. The number of hydrogen-bond donors (Lipinski definition) is 3. The standard InChI is InChI=1S/C27H31N3O3S/c1-27(2,16-18-30-17-15-21-9-6-7-14-25(21)30)28-20-26(31)22-10-8-11-23(19-22)29-34(32,33)24-12-4-3-5-13-24/h3-15,17,19,26,28-29,31H,16,18,20H2,1-2H3. The smallest absolute Gasteiger partial charge is 0.261 e. The second-order valence-electron chi connectivity index (χ2n) is 9.14. The van der Waals surface area contributed by atoms with Crippen LogP contribution in [0.1, 0.15) is 31.9 Å². The van der Waals surface area contributed by atoms with E-state index in [9.17, 15) is 13.5 Å². The molecule has 1 heterocycles. The maximum Gasteiger partial charge on any atom is 0.261 e. The summed E-state index contributed by atoms with van der Waals surface area (Å²) in [5.41, 5.74) is 2.08. The molecule has 0 radical (unpaired) electrons. The van der Waals surface area contributed by atoms with Crippen molar-refractivity contribution in [2.45, 2.75) is 43.4 Å². The van der Waals surface area contributed by atoms with Crippen molar-refractivity contribution in [3.05, 3.63) is 96.7 Å². The van der Waals surface area contributed by atoms with Gasteiger partial charge in [-0.2, -0.15) is 0 Å². The van der Waals surface area contributed by atoms with Crippen LogP contribution in [0, 0.1) is 0 Å². The van der Waals surface area contributed by atoms with Gasteiger partial charge < -0.3 is 15.0 Å². The Bertz CT molecular complexity index is 1350. The molecule has 0 saturated heterocycles. The van der Waals surface area contributed by atoms with Crippen LogP contribution in [0.15, 0.2) is 96.0 Å². The Hall–Kier alpha value is -3.13. The summed E-state index contributed by atoms with van der Waals surface area (Å²) in [4.78, 5) is 0.194. The fourth-order valence-electron chi connectivity index (χ4n) is 3.94. The van der Waals surface area contributed by atoms with E-state index in [0.29, 0.717) is 17.8 Å². The van der Waals surface area contributed by atoms with Gasteiger partial charge in [-0.3, -0.25) is 4.72 Å². The summed E-state index contributed by atoms with van der Waals surface area (Å²) in [6, 6.07) is 25.6. The van der Waals surface area contributed by atoms with Gasteiger partial charge in [0.1, 0.15) is 0 Å². The van der Waals surface area contributed by atoms with Crippen molar-refractivity contribution in [2.24, 2.45) is 0 Å². The van der Waals surface area contributed by atoms with Gasteiger partial charge in [0, 0.05) is 36.0 Å². The average molecular weight is 478 g/mol. The summed E-state index contributed by atoms with van der Waals surface area (Å²) in [6.07, 6.45) is 2.22. The highest BCUT2D eigenvalue weighted by atomic mass is 32.2. The number of benzene rings is 3. The molecular formula is C27H31N3O3S. The van der Waals surface area contributed by atoms with E-state index >= 15 is 0 Å². The van der Waals surface area contributed by atoms with Gasteiger partial charge in [0.2, 0.25) is 0 Å². The van der Waals surface area contributed by atoms with E-state index in [1.54, 1.807) is 54.6 Å². The van der Waals surface area contributed by atoms with E-state index in [1.165, 1.54) is 10.9 Å². The lowest BCUT2D eigenvalue weighted by Gasteiger charge is -2.28. The monoisotopic (exact) mass is 477 g/mol. The summed E-state index contributed by atoms with van der Waals surface area (Å²) in [5.74, 6) is 0. The molecule has 0 amide bonds. The molecule has 1 atom stereocenters. The van der Waals surface area contributed by atoms with Gasteiger partial charge in [-0.15, -0.1) is 0 Å². The van der Waals surface area contributed by atoms with Crippen LogP contribution in [0.3, 0.4) is 0 Å². The topological polar surface area (TPSA) is 83.4 Å². The molecule has 3 aromatic carbocycles. The number of aromatic nitrogens is 1. The number of nitrogens with zero attached hydrogens (tertiary/aromatic N) is 1. The number of anilines is 1. The van der Waals surface area contributed by atoms with Crippen molar-refractivity contribution < 1.29 is 13.5 Å². The molecule has 1 unspecified atom stereocenters. The van der Waals surface area contributed by atoms with E-state index in [0.717, 1.165) is 13.0 Å². The third-order valence-electron chi connectivity index (χ3n) is 6.01. The number of rotatable bonds is 10. The highest BCUT2D eigenvalue weighted by Crippen LogP contribution is 2.22. The van der Waals surface area contributed by atoms with Crippen molar-refractivity contribution in [3.8, 4) is 0 Å². The van der Waals surface area contributed by atoms with Gasteiger partial charge in [-0.25, -0.2) is 8.42 Å². The maximum absolute atomic E-state index is 12.6. The number of aliphatic hydroxyl groups excluding tert-OH is 1. The molecule has 178 valence electrons. The number of nitrogens with one attached hydrogen (secondary N) is 2. The zero-order chi connectivity index (χ0) is 24.2. The van der Waals surface area contributed by atoms with Gasteiger partial charge in [0.15, 0.2) is 0 Å². The summed E-state index contributed by atoms with van der Waals surface area (Å²) in [6.45, 7) is 5.46. The molecule has 0 aliphatic rings. The molecule has 0 bridgehead atoms. The number of sulfonamides is 1. The maximum atomic E-state index is 12.6. The van der Waals surface area contributed by atoms with Crippen LogP contribution in [-0.2, 0) is 16.6 Å². The van der Waals surface area contributed by atoms with Crippen LogP contribution in [0.25, 0.3) is 10.9 Å². The predicted molar refractivity (Wildman–Crippen MR) is 137 cm³/mol. The number of β-amino-alcohol motifs (C(OH)–C–C–N with tert-alkyl or cyclic N) is 1. The predicted octanol–water partition coefficient (Wildman–Crippen LogP) is 4.93. The number of aliphatic hydroxyl groups is 1. The summed E-state index contributed by atoms with van der Waals surface area (Å²) < 4.78 is 30.0. The minimum atomic E-state index is -3.69. The zero-order valence-corrected chi connectivity index (χ0v) is 20.3. The second-order valence-corrected chi connectivity index (χ2v) is 10.8. The Morgan fingerprint density at radius 2 is 1.68 bits per heavy atom. The lowest BCUT2D eigenvalue weighted by molar-refractivity contribution is 0.158. The van der Waals surface area contributed by atoms with Crippen molar-refractivity contribution in [1.82, 2.24) is 9.88 Å². The van der Waals surface area contributed by atoms with Gasteiger partial charge in [-0.1, -0.05) is 48.5 Å². The average Bonchev–Trinajstić information content (AvgIpc) is 3.25. The van der Waals surface area contributed by atoms with Gasteiger partial charge >= 0.3 is 0 Å². The summed E-state index contributed by atoms with van der Waals surface area (Å²) in [5, 5.41) is 15.5. The third kappa shape index (κ3) is 5.86. The first-order chi connectivity index (χ1) is 16.2. The van der Waals surface area contributed by atoms with Crippen molar-refractivity contribution in [1.29, 1.82) is 0 Å². The Morgan fingerprint density at radius 3 is 2.47 bits per heavy atom. The molecule has 0 aliphatic heterocycles. The first kappa shape index (κ1) is 24.0. The van der Waals surface area contributed by atoms with Crippen molar-refractivity contribution >= 4 is 26.6 Å². The summed E-state index contributed by atoms with van der Waals surface area (Å²) >= 11 is 0. The first-order valence-corrected chi connectivity index (χ1v) is 12.9. The van der Waals surface area contributed by atoms with Crippen LogP contribution < -0.4 is 10.0 Å². The van der Waals surface area contributed by atoms with Crippen LogP contribution in [-0.4, -0.2) is 30.2 Å². The number of para-hydroxylation sites is 1. The molecule has 0 spiro atoms. The van der Waals surface area contributed by atoms with E-state index in [4.69, 9.17) is 0 Å². The van der Waals surface area contributed by atoms with Crippen molar-refractivity contribution in [3.63, 3.8) is 0 Å². The van der Waals surface area contributed by atoms with Crippen LogP contribution in [0.4, 0.5) is 5.69 Å². The second kappa shape index (κ2) is 10.0. The lowest BCUT2D eigenvalue weighted by Crippen LogP contribution is -2.42. The van der Waals surface area contributed by atoms with Crippen molar-refractivity contribution in [2.75, 3.05) is 11.3 Å². The Kier molecular flexibility index (Phi) is 7.07. The molecule has 3 N–H and O–H groups in total. The zero-order valence-electron chi connectivity index (χ0n) is 19.5. The molecule has 7 heteroatoms. The first-order valence-electron chi connectivity index (χ1n) is 11.4. The number of aryl methyl sites for hydroxylation is 1. The molecule has 4 aromatic rings. The minimum absolute atomic E-state index is 0.194. The normalized spacial score (nSPS) is 13.1.